The molecule has 5 heteroatoms. The van der Waals surface area contributed by atoms with Crippen LogP contribution in [0.15, 0.2) is 47.1 Å². The van der Waals surface area contributed by atoms with Crippen LogP contribution in [0.25, 0.3) is 0 Å². The van der Waals surface area contributed by atoms with Crippen LogP contribution in [0.5, 0.6) is 0 Å². The Labute approximate surface area is 118 Å². The standard InChI is InChI=1S/C13H10BrClN2O/c14-10-5-3-9(4-6-10)8-12(18)17-13-11(15)2-1-7-16-13/h1-7H,8H2,(H,16,17,18). The number of nitrogens with one attached hydrogen (secondary N) is 1. The molecule has 0 atom stereocenters. The van der Waals surface area contributed by atoms with Crippen molar-refractivity contribution in [2.45, 2.75) is 6.42 Å². The van der Waals surface area contributed by atoms with Gasteiger partial charge in [0.2, 0.25) is 5.91 Å². The van der Waals surface area contributed by atoms with Gasteiger partial charge in [-0.05, 0) is 29.8 Å². The molecular weight excluding hydrogens is 316 g/mol. The number of pyridine rings is 1. The third-order valence-corrected chi connectivity index (χ3v) is 3.13. The van der Waals surface area contributed by atoms with Crippen LogP contribution in [0.1, 0.15) is 5.56 Å². The van der Waals surface area contributed by atoms with E-state index < -0.39 is 0 Å². The molecule has 3 nitrogen and oxygen atoms in total. The summed E-state index contributed by atoms with van der Waals surface area (Å²) in [5.74, 6) is 0.249. The van der Waals surface area contributed by atoms with Gasteiger partial charge in [0, 0.05) is 10.7 Å². The number of benzene rings is 1. The monoisotopic (exact) mass is 324 g/mol. The largest absolute Gasteiger partial charge is 0.309 e. The van der Waals surface area contributed by atoms with Gasteiger partial charge >= 0.3 is 0 Å². The van der Waals surface area contributed by atoms with Crippen LogP contribution in [0, 0.1) is 0 Å². The van der Waals surface area contributed by atoms with E-state index in [0.717, 1.165) is 10.0 Å². The number of hydrogen-bond acceptors (Lipinski definition) is 2. The van der Waals surface area contributed by atoms with Gasteiger partial charge in [0.1, 0.15) is 0 Å². The highest BCUT2D eigenvalue weighted by molar-refractivity contribution is 9.10. The quantitative estimate of drug-likeness (QED) is 0.935. The van der Waals surface area contributed by atoms with Gasteiger partial charge in [0.25, 0.3) is 0 Å². The van der Waals surface area contributed by atoms with Gasteiger partial charge < -0.3 is 5.32 Å². The van der Waals surface area contributed by atoms with Gasteiger partial charge in [-0.1, -0.05) is 39.7 Å². The molecule has 0 radical (unpaired) electrons. The SMILES string of the molecule is O=C(Cc1ccc(Br)cc1)Nc1ncccc1Cl. The van der Waals surface area contributed by atoms with E-state index in [0.29, 0.717) is 17.3 Å². The van der Waals surface area contributed by atoms with E-state index in [1.807, 2.05) is 24.3 Å². The van der Waals surface area contributed by atoms with Crippen molar-refractivity contribution in [1.82, 2.24) is 4.98 Å². The number of carbonyl (C=O) groups excluding carboxylic acids is 1. The first-order chi connectivity index (χ1) is 8.65. The summed E-state index contributed by atoms with van der Waals surface area (Å²) in [6.07, 6.45) is 1.88. The Kier molecular flexibility index (Phi) is 4.33. The molecule has 0 aliphatic rings. The van der Waals surface area contributed by atoms with E-state index in [-0.39, 0.29) is 5.91 Å². The summed E-state index contributed by atoms with van der Waals surface area (Å²) in [4.78, 5) is 15.8. The van der Waals surface area contributed by atoms with Gasteiger partial charge in [-0.25, -0.2) is 4.98 Å². The minimum atomic E-state index is -0.141. The highest BCUT2D eigenvalue weighted by Crippen LogP contribution is 2.18. The third-order valence-electron chi connectivity index (χ3n) is 2.29. The maximum Gasteiger partial charge on any atom is 0.229 e. The van der Waals surface area contributed by atoms with E-state index in [1.54, 1.807) is 18.3 Å². The fraction of sp³-hybridized carbons (Fsp3) is 0.0769. The Morgan fingerprint density at radius 3 is 2.67 bits per heavy atom. The van der Waals surface area contributed by atoms with Crippen LogP contribution < -0.4 is 5.32 Å². The third kappa shape index (κ3) is 3.55. The first-order valence-corrected chi connectivity index (χ1v) is 6.47. The molecule has 0 aliphatic carbocycles. The summed E-state index contributed by atoms with van der Waals surface area (Å²) in [6.45, 7) is 0. The summed E-state index contributed by atoms with van der Waals surface area (Å²) in [5, 5.41) is 3.11. The molecule has 0 bridgehead atoms. The minimum absolute atomic E-state index is 0.141. The first-order valence-electron chi connectivity index (χ1n) is 5.30. The van der Waals surface area contributed by atoms with Crippen LogP contribution in [-0.4, -0.2) is 10.9 Å². The number of carbonyl (C=O) groups is 1. The molecule has 0 saturated heterocycles. The zero-order valence-electron chi connectivity index (χ0n) is 9.36. The number of rotatable bonds is 3. The van der Waals surface area contributed by atoms with Crippen molar-refractivity contribution in [3.8, 4) is 0 Å². The van der Waals surface area contributed by atoms with Crippen LogP contribution >= 0.6 is 27.5 Å². The number of nitrogens with zero attached hydrogens (tertiary/aromatic N) is 1. The summed E-state index contributed by atoms with van der Waals surface area (Å²) in [5.41, 5.74) is 0.933. The number of halogens is 2. The van der Waals surface area contributed by atoms with Gasteiger partial charge in [-0.3, -0.25) is 4.79 Å². The normalized spacial score (nSPS) is 10.1. The highest BCUT2D eigenvalue weighted by Gasteiger charge is 2.07. The lowest BCUT2D eigenvalue weighted by Gasteiger charge is -2.05. The second-order valence-electron chi connectivity index (χ2n) is 3.69. The average Bonchev–Trinajstić information content (AvgIpc) is 2.35. The minimum Gasteiger partial charge on any atom is -0.309 e. The van der Waals surface area contributed by atoms with Crippen molar-refractivity contribution < 1.29 is 4.79 Å². The molecule has 2 aromatic rings. The van der Waals surface area contributed by atoms with Gasteiger partial charge in [0.15, 0.2) is 5.82 Å². The summed E-state index contributed by atoms with van der Waals surface area (Å²) in [6, 6.07) is 11.0. The average molecular weight is 326 g/mol. The van der Waals surface area contributed by atoms with E-state index in [1.165, 1.54) is 0 Å². The van der Waals surface area contributed by atoms with Crippen molar-refractivity contribution in [1.29, 1.82) is 0 Å². The second kappa shape index (κ2) is 5.98. The number of aromatic nitrogens is 1. The molecule has 0 spiro atoms. The van der Waals surface area contributed by atoms with Crippen LogP contribution in [0.4, 0.5) is 5.82 Å². The molecule has 1 heterocycles. The predicted octanol–water partition coefficient (Wildman–Crippen LogP) is 3.68. The molecule has 1 aromatic carbocycles. The van der Waals surface area contributed by atoms with Gasteiger partial charge in [-0.15, -0.1) is 0 Å². The van der Waals surface area contributed by atoms with Gasteiger partial charge in [0.05, 0.1) is 11.4 Å². The molecule has 2 rings (SSSR count). The van der Waals surface area contributed by atoms with Crippen molar-refractivity contribution in [2.75, 3.05) is 5.32 Å². The molecular formula is C13H10BrClN2O. The Morgan fingerprint density at radius 1 is 1.28 bits per heavy atom. The van der Waals surface area contributed by atoms with Crippen molar-refractivity contribution in [2.24, 2.45) is 0 Å². The zero-order valence-corrected chi connectivity index (χ0v) is 11.7. The lowest BCUT2D eigenvalue weighted by Crippen LogP contribution is -2.15. The Morgan fingerprint density at radius 2 is 2.00 bits per heavy atom. The topological polar surface area (TPSA) is 42.0 Å². The molecule has 0 fully saturated rings. The lowest BCUT2D eigenvalue weighted by molar-refractivity contribution is -0.115. The summed E-state index contributed by atoms with van der Waals surface area (Å²) >= 11 is 9.26. The van der Waals surface area contributed by atoms with Crippen molar-refractivity contribution in [3.63, 3.8) is 0 Å². The van der Waals surface area contributed by atoms with Crippen molar-refractivity contribution >= 4 is 39.3 Å². The van der Waals surface area contributed by atoms with E-state index >= 15 is 0 Å². The van der Waals surface area contributed by atoms with Gasteiger partial charge in [-0.2, -0.15) is 0 Å². The molecule has 0 aliphatic heterocycles. The van der Waals surface area contributed by atoms with Crippen molar-refractivity contribution in [3.05, 3.63) is 57.7 Å². The molecule has 0 unspecified atom stereocenters. The molecule has 1 aromatic heterocycles. The number of anilines is 1. The van der Waals surface area contributed by atoms with Crippen LogP contribution in [-0.2, 0) is 11.2 Å². The molecule has 18 heavy (non-hydrogen) atoms. The van der Waals surface area contributed by atoms with E-state index in [9.17, 15) is 4.79 Å². The Hall–Kier alpha value is -1.39. The summed E-state index contributed by atoms with van der Waals surface area (Å²) in [7, 11) is 0. The van der Waals surface area contributed by atoms with E-state index in [4.69, 9.17) is 11.6 Å². The maximum absolute atomic E-state index is 11.8. The smallest absolute Gasteiger partial charge is 0.229 e. The zero-order chi connectivity index (χ0) is 13.0. The summed E-state index contributed by atoms with van der Waals surface area (Å²) < 4.78 is 0.986. The molecule has 1 amide bonds. The lowest BCUT2D eigenvalue weighted by atomic mass is 10.1. The maximum atomic E-state index is 11.8. The number of amides is 1. The number of hydrogen-bond donors (Lipinski definition) is 1. The van der Waals surface area contributed by atoms with E-state index in [2.05, 4.69) is 26.2 Å². The Bertz CT molecular complexity index is 557. The second-order valence-corrected chi connectivity index (χ2v) is 5.01. The molecule has 0 saturated carbocycles. The van der Waals surface area contributed by atoms with Crippen LogP contribution in [0.2, 0.25) is 5.02 Å². The highest BCUT2D eigenvalue weighted by atomic mass is 79.9. The molecule has 92 valence electrons. The first kappa shape index (κ1) is 13.1. The Balaban J connectivity index is 2.01. The molecule has 1 N–H and O–H groups in total. The predicted molar refractivity (Wildman–Crippen MR) is 75.7 cm³/mol. The van der Waals surface area contributed by atoms with Crippen LogP contribution in [0.3, 0.4) is 0 Å². The fourth-order valence-corrected chi connectivity index (χ4v) is 1.87. The fourth-order valence-electron chi connectivity index (χ4n) is 1.44.